The fraction of sp³-hybridized carbons (Fsp3) is 0.600. The summed E-state index contributed by atoms with van der Waals surface area (Å²) >= 11 is 3.49. The molecule has 1 aliphatic rings. The Bertz CT molecular complexity index is 613. The molecule has 0 radical (unpaired) electrons. The Kier molecular flexibility index (Phi) is 7.94. The zero-order valence-corrected chi connectivity index (χ0v) is 17.7. The number of hydrogen-bond donors (Lipinski definition) is 2. The first-order chi connectivity index (χ1) is 12.4. The third-order valence-corrected chi connectivity index (χ3v) is 5.20. The van der Waals surface area contributed by atoms with Crippen molar-refractivity contribution in [1.82, 2.24) is 15.5 Å². The predicted octanol–water partition coefficient (Wildman–Crippen LogP) is 3.29. The van der Waals surface area contributed by atoms with Gasteiger partial charge in [0, 0.05) is 42.5 Å². The van der Waals surface area contributed by atoms with Gasteiger partial charge in [-0.2, -0.15) is 0 Å². The first kappa shape index (κ1) is 20.7. The van der Waals surface area contributed by atoms with Crippen LogP contribution in [0.4, 0.5) is 0 Å². The van der Waals surface area contributed by atoms with Gasteiger partial charge >= 0.3 is 0 Å². The summed E-state index contributed by atoms with van der Waals surface area (Å²) in [5.41, 5.74) is 1.23. The lowest BCUT2D eigenvalue weighted by atomic mass is 9.85. The van der Waals surface area contributed by atoms with E-state index in [2.05, 4.69) is 71.6 Å². The maximum Gasteiger partial charge on any atom is 0.222 e. The number of halogens is 1. The first-order valence-electron chi connectivity index (χ1n) is 9.48. The van der Waals surface area contributed by atoms with Crippen molar-refractivity contribution in [3.05, 3.63) is 34.3 Å². The first-order valence-corrected chi connectivity index (χ1v) is 10.3. The number of rotatable bonds is 8. The molecule has 1 aromatic carbocycles. The molecule has 0 aliphatic carbocycles. The highest BCUT2D eigenvalue weighted by atomic mass is 79.9. The predicted molar refractivity (Wildman–Crippen MR) is 112 cm³/mol. The minimum Gasteiger partial charge on any atom is -0.357 e. The Morgan fingerprint density at radius 3 is 2.62 bits per heavy atom. The lowest BCUT2D eigenvalue weighted by Gasteiger charge is -2.24. The van der Waals surface area contributed by atoms with E-state index in [1.807, 2.05) is 4.90 Å². The zero-order chi connectivity index (χ0) is 19.0. The Morgan fingerprint density at radius 2 is 2.00 bits per heavy atom. The van der Waals surface area contributed by atoms with Crippen LogP contribution in [0.2, 0.25) is 0 Å². The molecule has 1 fully saturated rings. The molecule has 144 valence electrons. The van der Waals surface area contributed by atoms with Crippen molar-refractivity contribution in [3.63, 3.8) is 0 Å². The molecular formula is C20H31BrN4O. The number of carbonyl (C=O) groups excluding carboxylic acids is 1. The quantitative estimate of drug-likeness (QED) is 0.383. The van der Waals surface area contributed by atoms with E-state index in [4.69, 9.17) is 4.99 Å². The van der Waals surface area contributed by atoms with Gasteiger partial charge < -0.3 is 15.5 Å². The summed E-state index contributed by atoms with van der Waals surface area (Å²) in [7, 11) is 0. The Morgan fingerprint density at radius 1 is 1.27 bits per heavy atom. The van der Waals surface area contributed by atoms with Gasteiger partial charge in [0.2, 0.25) is 5.91 Å². The van der Waals surface area contributed by atoms with Crippen LogP contribution in [0.3, 0.4) is 0 Å². The number of hydrogen-bond acceptors (Lipinski definition) is 2. The average Bonchev–Trinajstić information content (AvgIpc) is 3.02. The van der Waals surface area contributed by atoms with Gasteiger partial charge in [-0.05, 0) is 37.5 Å². The second kappa shape index (κ2) is 9.95. The molecule has 0 atom stereocenters. The van der Waals surface area contributed by atoms with Crippen molar-refractivity contribution in [2.75, 3.05) is 32.7 Å². The summed E-state index contributed by atoms with van der Waals surface area (Å²) in [6.45, 7) is 10.6. The van der Waals surface area contributed by atoms with Crippen molar-refractivity contribution < 1.29 is 4.79 Å². The maximum absolute atomic E-state index is 11.6. The highest BCUT2D eigenvalue weighted by Gasteiger charge is 2.21. The molecule has 0 unspecified atom stereocenters. The van der Waals surface area contributed by atoms with E-state index in [-0.39, 0.29) is 5.41 Å². The van der Waals surface area contributed by atoms with Gasteiger partial charge in [0.05, 0.1) is 6.54 Å². The maximum atomic E-state index is 11.6. The number of nitrogens with zero attached hydrogens (tertiary/aromatic N) is 2. The molecular weight excluding hydrogens is 392 g/mol. The molecule has 1 amide bonds. The average molecular weight is 423 g/mol. The van der Waals surface area contributed by atoms with Crippen LogP contribution in [0.15, 0.2) is 33.7 Å². The number of carbonyl (C=O) groups is 1. The van der Waals surface area contributed by atoms with E-state index in [0.717, 1.165) is 49.5 Å². The summed E-state index contributed by atoms with van der Waals surface area (Å²) < 4.78 is 1.09. The topological polar surface area (TPSA) is 56.7 Å². The van der Waals surface area contributed by atoms with Crippen LogP contribution in [0.1, 0.15) is 45.6 Å². The highest BCUT2D eigenvalue weighted by Crippen LogP contribution is 2.25. The van der Waals surface area contributed by atoms with Crippen LogP contribution >= 0.6 is 15.9 Å². The fourth-order valence-corrected chi connectivity index (χ4v) is 3.29. The summed E-state index contributed by atoms with van der Waals surface area (Å²) in [6.07, 6.45) is 2.65. The molecule has 26 heavy (non-hydrogen) atoms. The molecule has 1 heterocycles. The van der Waals surface area contributed by atoms with E-state index in [0.29, 0.717) is 18.9 Å². The van der Waals surface area contributed by atoms with E-state index in [1.165, 1.54) is 5.56 Å². The molecule has 5 nitrogen and oxygen atoms in total. The Balaban J connectivity index is 1.84. The van der Waals surface area contributed by atoms with Crippen LogP contribution < -0.4 is 10.6 Å². The standard InChI is InChI=1S/C20H31BrN4O/c1-4-22-19(23-12-6-14-25-13-5-7-18(25)26)24-15-20(2,3)16-8-10-17(21)11-9-16/h8-11H,4-7,12-15H2,1-3H3,(H2,22,23,24). The summed E-state index contributed by atoms with van der Waals surface area (Å²) in [4.78, 5) is 18.4. The molecule has 0 spiro atoms. The van der Waals surface area contributed by atoms with Gasteiger partial charge in [0.15, 0.2) is 5.96 Å². The van der Waals surface area contributed by atoms with Gasteiger partial charge in [-0.15, -0.1) is 0 Å². The lowest BCUT2D eigenvalue weighted by Crippen LogP contribution is -2.40. The minimum absolute atomic E-state index is 0.0367. The molecule has 1 aromatic rings. The molecule has 6 heteroatoms. The molecule has 1 saturated heterocycles. The number of guanidine groups is 1. The molecule has 2 N–H and O–H groups in total. The zero-order valence-electron chi connectivity index (χ0n) is 16.1. The van der Waals surface area contributed by atoms with Gasteiger partial charge in [-0.3, -0.25) is 9.79 Å². The van der Waals surface area contributed by atoms with Crippen molar-refractivity contribution in [2.45, 2.75) is 45.4 Å². The van der Waals surface area contributed by atoms with E-state index in [9.17, 15) is 4.79 Å². The summed E-state index contributed by atoms with van der Waals surface area (Å²) in [6, 6.07) is 8.44. The second-order valence-electron chi connectivity index (χ2n) is 7.35. The number of nitrogens with one attached hydrogen (secondary N) is 2. The van der Waals surface area contributed by atoms with Crippen molar-refractivity contribution in [2.24, 2.45) is 4.99 Å². The highest BCUT2D eigenvalue weighted by molar-refractivity contribution is 9.10. The number of benzene rings is 1. The monoisotopic (exact) mass is 422 g/mol. The Hall–Kier alpha value is -1.56. The van der Waals surface area contributed by atoms with Gasteiger partial charge in [0.25, 0.3) is 0 Å². The third-order valence-electron chi connectivity index (χ3n) is 4.67. The number of amides is 1. The molecule has 1 aliphatic heterocycles. The van der Waals surface area contributed by atoms with Crippen LogP contribution in [0, 0.1) is 0 Å². The van der Waals surface area contributed by atoms with Crippen molar-refractivity contribution in [3.8, 4) is 0 Å². The fourth-order valence-electron chi connectivity index (χ4n) is 3.03. The second-order valence-corrected chi connectivity index (χ2v) is 8.27. The molecule has 2 rings (SSSR count). The van der Waals surface area contributed by atoms with Gasteiger partial charge in [-0.1, -0.05) is 41.9 Å². The Labute approximate surface area is 165 Å². The van der Waals surface area contributed by atoms with Crippen LogP contribution in [0.25, 0.3) is 0 Å². The largest absolute Gasteiger partial charge is 0.357 e. The van der Waals surface area contributed by atoms with E-state index < -0.39 is 0 Å². The normalized spacial score (nSPS) is 15.5. The van der Waals surface area contributed by atoms with E-state index in [1.54, 1.807) is 0 Å². The molecule has 0 bridgehead atoms. The van der Waals surface area contributed by atoms with Crippen LogP contribution in [-0.4, -0.2) is 49.5 Å². The number of likely N-dealkylation sites (tertiary alicyclic amines) is 1. The van der Waals surface area contributed by atoms with Crippen molar-refractivity contribution in [1.29, 1.82) is 0 Å². The summed E-state index contributed by atoms with van der Waals surface area (Å²) in [5, 5.41) is 6.69. The van der Waals surface area contributed by atoms with Gasteiger partial charge in [0.1, 0.15) is 0 Å². The van der Waals surface area contributed by atoms with E-state index >= 15 is 0 Å². The van der Waals surface area contributed by atoms with Gasteiger partial charge in [-0.25, -0.2) is 0 Å². The SMILES string of the molecule is CCNC(=NCC(C)(C)c1ccc(Br)cc1)NCCCN1CCCC1=O. The van der Waals surface area contributed by atoms with Crippen LogP contribution in [0.5, 0.6) is 0 Å². The molecule has 0 aromatic heterocycles. The number of aliphatic imine (C=N–C) groups is 1. The lowest BCUT2D eigenvalue weighted by molar-refractivity contribution is -0.127. The van der Waals surface area contributed by atoms with Crippen LogP contribution in [-0.2, 0) is 10.2 Å². The summed E-state index contributed by atoms with van der Waals surface area (Å²) in [5.74, 6) is 1.13. The molecule has 0 saturated carbocycles. The minimum atomic E-state index is -0.0367. The van der Waals surface area contributed by atoms with Crippen molar-refractivity contribution >= 4 is 27.8 Å². The third kappa shape index (κ3) is 6.31. The smallest absolute Gasteiger partial charge is 0.222 e.